The van der Waals surface area contributed by atoms with Crippen molar-refractivity contribution in [1.29, 1.82) is 0 Å². The molecule has 0 amide bonds. The minimum atomic E-state index is -3.86. The van der Waals surface area contributed by atoms with Gasteiger partial charge in [0.05, 0.1) is 11.5 Å². The largest absolute Gasteiger partial charge is 0.366 e. The Morgan fingerprint density at radius 2 is 2.00 bits per heavy atom. The number of morpholine rings is 1. The molecule has 4 rings (SSSR count). The summed E-state index contributed by atoms with van der Waals surface area (Å²) in [4.78, 5) is 8.12. The lowest BCUT2D eigenvalue weighted by Gasteiger charge is -2.30. The highest BCUT2D eigenvalue weighted by Crippen LogP contribution is 2.27. The number of rotatable bonds is 4. The lowest BCUT2D eigenvalue weighted by atomic mass is 10.2. The molecule has 1 saturated heterocycles. The quantitative estimate of drug-likeness (QED) is 0.672. The van der Waals surface area contributed by atoms with Crippen LogP contribution in [0.15, 0.2) is 58.2 Å². The summed E-state index contributed by atoms with van der Waals surface area (Å²) in [5.41, 5.74) is 0.722. The zero-order chi connectivity index (χ0) is 18.9. The van der Waals surface area contributed by atoms with Crippen LogP contribution in [0.25, 0.3) is 11.4 Å². The molecule has 1 fully saturated rings. The van der Waals surface area contributed by atoms with Crippen molar-refractivity contribution < 1.29 is 22.1 Å². The maximum Gasteiger partial charge on any atom is 0.257 e. The molecule has 27 heavy (non-hydrogen) atoms. The van der Waals surface area contributed by atoms with Crippen molar-refractivity contribution in [3.63, 3.8) is 0 Å². The van der Waals surface area contributed by atoms with Crippen LogP contribution in [0.5, 0.6) is 0 Å². The molecule has 140 valence electrons. The van der Waals surface area contributed by atoms with E-state index in [2.05, 4.69) is 15.1 Å². The fourth-order valence-electron chi connectivity index (χ4n) is 2.75. The molecule has 0 aliphatic carbocycles. The van der Waals surface area contributed by atoms with Gasteiger partial charge in [-0.2, -0.15) is 9.29 Å². The third-order valence-corrected chi connectivity index (χ3v) is 5.98. The van der Waals surface area contributed by atoms with Gasteiger partial charge in [-0.05, 0) is 30.3 Å². The van der Waals surface area contributed by atoms with Crippen molar-refractivity contribution in [2.45, 2.75) is 11.0 Å². The molecule has 1 aliphatic heterocycles. The summed E-state index contributed by atoms with van der Waals surface area (Å²) in [5, 5.41) is 3.91. The molecular formula is C17H15FN4O4S. The van der Waals surface area contributed by atoms with Gasteiger partial charge in [-0.3, -0.25) is 4.98 Å². The Labute approximate surface area is 154 Å². The van der Waals surface area contributed by atoms with Gasteiger partial charge in [-0.1, -0.05) is 11.2 Å². The summed E-state index contributed by atoms with van der Waals surface area (Å²) in [7, 11) is -3.86. The van der Waals surface area contributed by atoms with E-state index in [0.717, 1.165) is 11.6 Å². The molecular weight excluding hydrogens is 375 g/mol. The second kappa shape index (κ2) is 7.14. The number of aromatic nitrogens is 3. The highest BCUT2D eigenvalue weighted by atomic mass is 32.2. The molecule has 0 radical (unpaired) electrons. The topological polar surface area (TPSA) is 98.4 Å². The Morgan fingerprint density at radius 1 is 1.19 bits per heavy atom. The van der Waals surface area contributed by atoms with Crippen LogP contribution < -0.4 is 0 Å². The molecule has 0 saturated carbocycles. The number of halogens is 1. The number of hydrogen-bond donors (Lipinski definition) is 0. The molecule has 1 aromatic carbocycles. The van der Waals surface area contributed by atoms with Crippen molar-refractivity contribution in [1.82, 2.24) is 19.4 Å². The van der Waals surface area contributed by atoms with Crippen molar-refractivity contribution in [3.8, 4) is 11.4 Å². The van der Waals surface area contributed by atoms with Crippen LogP contribution in [0.3, 0.4) is 0 Å². The molecule has 1 aliphatic rings. The zero-order valence-electron chi connectivity index (χ0n) is 14.0. The Kier molecular flexibility index (Phi) is 4.68. The summed E-state index contributed by atoms with van der Waals surface area (Å²) in [6, 6.07) is 8.37. The van der Waals surface area contributed by atoms with Gasteiger partial charge in [0.25, 0.3) is 5.89 Å². The third-order valence-electron chi connectivity index (χ3n) is 4.12. The highest BCUT2D eigenvalue weighted by Gasteiger charge is 2.34. The minimum Gasteiger partial charge on any atom is -0.366 e. The molecule has 3 aromatic rings. The van der Waals surface area contributed by atoms with Crippen molar-refractivity contribution in [3.05, 3.63) is 60.5 Å². The van der Waals surface area contributed by atoms with E-state index in [-0.39, 0.29) is 30.5 Å². The van der Waals surface area contributed by atoms with Gasteiger partial charge >= 0.3 is 0 Å². The summed E-state index contributed by atoms with van der Waals surface area (Å²) >= 11 is 0. The van der Waals surface area contributed by atoms with Gasteiger partial charge in [0.15, 0.2) is 6.10 Å². The zero-order valence-corrected chi connectivity index (χ0v) is 14.8. The van der Waals surface area contributed by atoms with Gasteiger partial charge in [0, 0.05) is 31.0 Å². The SMILES string of the molecule is O=S(=O)(c1cccc(F)c1)N1CCO[C@H](c2nc(-c3ccncc3)no2)C1. The molecule has 8 nitrogen and oxygen atoms in total. The summed E-state index contributed by atoms with van der Waals surface area (Å²) in [6.07, 6.45) is 2.51. The van der Waals surface area contributed by atoms with E-state index in [0.29, 0.717) is 5.82 Å². The summed E-state index contributed by atoms with van der Waals surface area (Å²) in [6.45, 7) is 0.309. The van der Waals surface area contributed by atoms with E-state index in [1.165, 1.54) is 22.5 Å². The van der Waals surface area contributed by atoms with Crippen LogP contribution in [-0.4, -0.2) is 47.5 Å². The van der Waals surface area contributed by atoms with Crippen molar-refractivity contribution in [2.75, 3.05) is 19.7 Å². The molecule has 2 aromatic heterocycles. The van der Waals surface area contributed by atoms with E-state index in [9.17, 15) is 12.8 Å². The second-order valence-corrected chi connectivity index (χ2v) is 7.81. The standard InChI is InChI=1S/C17H15FN4O4S/c18-13-2-1-3-14(10-13)27(23,24)22-8-9-25-15(11-22)17-20-16(21-26-17)12-4-6-19-7-5-12/h1-7,10,15H,8-9,11H2/t15-/m0/s1. The molecule has 1 atom stereocenters. The predicted octanol–water partition coefficient (Wildman–Crippen LogP) is 2.03. The highest BCUT2D eigenvalue weighted by molar-refractivity contribution is 7.89. The number of ether oxygens (including phenoxy) is 1. The fraction of sp³-hybridized carbons (Fsp3) is 0.235. The van der Waals surface area contributed by atoms with E-state index < -0.39 is 21.9 Å². The Balaban J connectivity index is 1.56. The number of hydrogen-bond acceptors (Lipinski definition) is 7. The van der Waals surface area contributed by atoms with Crippen LogP contribution in [0.1, 0.15) is 12.0 Å². The van der Waals surface area contributed by atoms with E-state index in [4.69, 9.17) is 9.26 Å². The Morgan fingerprint density at radius 3 is 2.78 bits per heavy atom. The van der Waals surface area contributed by atoms with Gasteiger partial charge in [0.1, 0.15) is 5.82 Å². The average molecular weight is 390 g/mol. The first kappa shape index (κ1) is 17.7. The molecule has 10 heteroatoms. The molecule has 0 N–H and O–H groups in total. The average Bonchev–Trinajstić information content (AvgIpc) is 3.19. The lowest BCUT2D eigenvalue weighted by Crippen LogP contribution is -2.42. The molecule has 3 heterocycles. The van der Waals surface area contributed by atoms with Crippen molar-refractivity contribution in [2.24, 2.45) is 0 Å². The van der Waals surface area contributed by atoms with Gasteiger partial charge in [-0.25, -0.2) is 12.8 Å². The fourth-order valence-corrected chi connectivity index (χ4v) is 4.21. The lowest BCUT2D eigenvalue weighted by molar-refractivity contribution is -0.0199. The van der Waals surface area contributed by atoms with Crippen LogP contribution in [0.2, 0.25) is 0 Å². The third kappa shape index (κ3) is 3.59. The number of pyridine rings is 1. The molecule has 0 bridgehead atoms. The first-order chi connectivity index (χ1) is 13.0. The second-order valence-electron chi connectivity index (χ2n) is 5.87. The van der Waals surface area contributed by atoms with Crippen LogP contribution >= 0.6 is 0 Å². The maximum atomic E-state index is 13.4. The first-order valence-corrected chi connectivity index (χ1v) is 9.59. The van der Waals surface area contributed by atoms with Gasteiger partial charge in [0.2, 0.25) is 15.8 Å². The minimum absolute atomic E-state index is 0.00315. The summed E-state index contributed by atoms with van der Waals surface area (Å²) in [5.74, 6) is -0.0677. The van der Waals surface area contributed by atoms with Crippen LogP contribution in [0.4, 0.5) is 4.39 Å². The van der Waals surface area contributed by atoms with E-state index >= 15 is 0 Å². The van der Waals surface area contributed by atoms with Crippen LogP contribution in [0, 0.1) is 5.82 Å². The predicted molar refractivity (Wildman–Crippen MR) is 91.4 cm³/mol. The number of benzene rings is 1. The van der Waals surface area contributed by atoms with Gasteiger partial charge < -0.3 is 9.26 Å². The van der Waals surface area contributed by atoms with E-state index in [1.807, 2.05) is 0 Å². The monoisotopic (exact) mass is 390 g/mol. The van der Waals surface area contributed by atoms with Gasteiger partial charge in [-0.15, -0.1) is 0 Å². The number of nitrogens with zero attached hydrogens (tertiary/aromatic N) is 4. The Bertz CT molecular complexity index is 1040. The Hall–Kier alpha value is -2.69. The maximum absolute atomic E-state index is 13.4. The normalized spacial score (nSPS) is 18.5. The number of sulfonamides is 1. The molecule has 0 unspecified atom stereocenters. The summed E-state index contributed by atoms with van der Waals surface area (Å²) < 4.78 is 51.1. The smallest absolute Gasteiger partial charge is 0.257 e. The van der Waals surface area contributed by atoms with Crippen molar-refractivity contribution >= 4 is 10.0 Å². The van der Waals surface area contributed by atoms with Crippen LogP contribution in [-0.2, 0) is 14.8 Å². The molecule has 0 spiro atoms. The van der Waals surface area contributed by atoms with E-state index in [1.54, 1.807) is 24.5 Å². The first-order valence-electron chi connectivity index (χ1n) is 8.15.